The molecule has 1 heterocycles. The number of benzene rings is 1. The summed E-state index contributed by atoms with van der Waals surface area (Å²) in [6.07, 6.45) is 1.00. The van der Waals surface area contributed by atoms with Crippen molar-refractivity contribution >= 4 is 23.4 Å². The molecule has 0 bridgehead atoms. The fraction of sp³-hybridized carbons (Fsp3) is 0.533. The van der Waals surface area contributed by atoms with E-state index >= 15 is 0 Å². The number of nitrogens with two attached hydrogens (primary N) is 1. The van der Waals surface area contributed by atoms with Gasteiger partial charge in [-0.2, -0.15) is 11.8 Å². The maximum Gasteiger partial charge on any atom is 0.257 e. The molecule has 1 aromatic rings. The predicted molar refractivity (Wildman–Crippen MR) is 84.5 cm³/mol. The van der Waals surface area contributed by atoms with Crippen molar-refractivity contribution < 1.29 is 9.53 Å². The number of anilines is 1. The van der Waals surface area contributed by atoms with E-state index < -0.39 is 0 Å². The Bertz CT molecular complexity index is 503. The van der Waals surface area contributed by atoms with Crippen LogP contribution in [-0.4, -0.2) is 41.5 Å². The van der Waals surface area contributed by atoms with Gasteiger partial charge in [-0.3, -0.25) is 4.79 Å². The lowest BCUT2D eigenvalue weighted by atomic mass is 10.1. The normalized spacial score (nSPS) is 18.4. The monoisotopic (exact) mass is 294 g/mol. The molecule has 110 valence electrons. The smallest absolute Gasteiger partial charge is 0.257 e. The first-order chi connectivity index (χ1) is 9.43. The van der Waals surface area contributed by atoms with E-state index in [1.54, 1.807) is 25.3 Å². The summed E-state index contributed by atoms with van der Waals surface area (Å²) in [5.74, 6) is 1.54. The minimum atomic E-state index is 0.0279. The Morgan fingerprint density at radius 1 is 1.40 bits per heavy atom. The number of carbonyl (C=O) groups is 1. The summed E-state index contributed by atoms with van der Waals surface area (Å²) in [5, 5.41) is 0. The fourth-order valence-electron chi connectivity index (χ4n) is 2.28. The Morgan fingerprint density at radius 2 is 2.15 bits per heavy atom. The van der Waals surface area contributed by atoms with Crippen LogP contribution in [0.3, 0.4) is 0 Å². The topological polar surface area (TPSA) is 55.6 Å². The van der Waals surface area contributed by atoms with Crippen molar-refractivity contribution in [3.05, 3.63) is 23.8 Å². The molecule has 0 spiro atoms. The molecule has 1 aliphatic rings. The van der Waals surface area contributed by atoms with Crippen molar-refractivity contribution in [2.24, 2.45) is 0 Å². The molecule has 2 N–H and O–H groups in total. The van der Waals surface area contributed by atoms with E-state index in [0.717, 1.165) is 25.3 Å². The number of carbonyl (C=O) groups excluding carboxylic acids is 1. The Balaban J connectivity index is 2.19. The molecule has 5 heteroatoms. The summed E-state index contributed by atoms with van der Waals surface area (Å²) in [4.78, 5) is 14.6. The van der Waals surface area contributed by atoms with Crippen molar-refractivity contribution in [2.45, 2.75) is 25.0 Å². The van der Waals surface area contributed by atoms with Crippen LogP contribution in [0.15, 0.2) is 18.2 Å². The number of rotatable bonds is 2. The van der Waals surface area contributed by atoms with Gasteiger partial charge in [0.25, 0.3) is 5.91 Å². The largest absolute Gasteiger partial charge is 0.496 e. The molecule has 0 atom stereocenters. The van der Waals surface area contributed by atoms with E-state index in [1.807, 2.05) is 16.7 Å². The van der Waals surface area contributed by atoms with Crippen LogP contribution in [0.1, 0.15) is 30.6 Å². The third-order valence-corrected chi connectivity index (χ3v) is 4.95. The third-order valence-electron chi connectivity index (χ3n) is 3.58. The molecular weight excluding hydrogens is 272 g/mol. The van der Waals surface area contributed by atoms with Crippen molar-refractivity contribution in [2.75, 3.05) is 31.7 Å². The van der Waals surface area contributed by atoms with E-state index in [1.165, 1.54) is 0 Å². The van der Waals surface area contributed by atoms with Gasteiger partial charge in [-0.05, 0) is 18.6 Å². The van der Waals surface area contributed by atoms with Crippen molar-refractivity contribution in [1.82, 2.24) is 4.90 Å². The first-order valence-electron chi connectivity index (χ1n) is 6.80. The highest BCUT2D eigenvalue weighted by molar-refractivity contribution is 8.00. The molecule has 4 nitrogen and oxygen atoms in total. The number of methoxy groups -OCH3 is 1. The number of hydrogen-bond acceptors (Lipinski definition) is 4. The second kappa shape index (κ2) is 5.95. The lowest BCUT2D eigenvalue weighted by molar-refractivity contribution is 0.0761. The van der Waals surface area contributed by atoms with Gasteiger partial charge < -0.3 is 15.4 Å². The molecule has 2 rings (SSSR count). The summed E-state index contributed by atoms with van der Waals surface area (Å²) in [6, 6.07) is 5.19. The molecule has 1 aliphatic heterocycles. The molecule has 1 amide bonds. The number of thioether (sulfide) groups is 1. The van der Waals surface area contributed by atoms with Crippen LogP contribution >= 0.6 is 11.8 Å². The van der Waals surface area contributed by atoms with Gasteiger partial charge in [0.05, 0.1) is 12.7 Å². The maximum atomic E-state index is 12.7. The number of nitrogens with zero attached hydrogens (tertiary/aromatic N) is 1. The molecule has 1 saturated heterocycles. The maximum absolute atomic E-state index is 12.7. The predicted octanol–water partition coefficient (Wildman–Crippen LogP) is 2.64. The standard InChI is InChI=1S/C15H22N2O2S/c1-15(2)6-7-17(8-9-20-15)14(18)12-5-4-11(16)10-13(12)19-3/h4-5,10H,6-9,16H2,1-3H3. The van der Waals surface area contributed by atoms with Gasteiger partial charge in [-0.1, -0.05) is 13.8 Å². The highest BCUT2D eigenvalue weighted by Crippen LogP contribution is 2.32. The fourth-order valence-corrected chi connectivity index (χ4v) is 3.38. The van der Waals surface area contributed by atoms with Crippen LogP contribution in [0.25, 0.3) is 0 Å². The van der Waals surface area contributed by atoms with Gasteiger partial charge in [-0.15, -0.1) is 0 Å². The van der Waals surface area contributed by atoms with Crippen molar-refractivity contribution in [1.29, 1.82) is 0 Å². The van der Waals surface area contributed by atoms with Crippen LogP contribution in [0, 0.1) is 0 Å². The first kappa shape index (κ1) is 15.0. The molecule has 1 aromatic carbocycles. The highest BCUT2D eigenvalue weighted by atomic mass is 32.2. The van der Waals surface area contributed by atoms with Crippen molar-refractivity contribution in [3.8, 4) is 5.75 Å². The third kappa shape index (κ3) is 3.39. The second-order valence-corrected chi connectivity index (χ2v) is 7.41. The lowest BCUT2D eigenvalue weighted by Crippen LogP contribution is -2.33. The van der Waals surface area contributed by atoms with Gasteiger partial charge in [-0.25, -0.2) is 0 Å². The zero-order chi connectivity index (χ0) is 14.8. The Hall–Kier alpha value is -1.36. The summed E-state index contributed by atoms with van der Waals surface area (Å²) in [7, 11) is 1.56. The summed E-state index contributed by atoms with van der Waals surface area (Å²) < 4.78 is 5.51. The molecular formula is C15H22N2O2S. The zero-order valence-electron chi connectivity index (χ0n) is 12.3. The van der Waals surface area contributed by atoms with Crippen LogP contribution in [0.5, 0.6) is 5.75 Å². The minimum Gasteiger partial charge on any atom is -0.496 e. The van der Waals surface area contributed by atoms with Crippen LogP contribution in [0.4, 0.5) is 5.69 Å². The highest BCUT2D eigenvalue weighted by Gasteiger charge is 2.27. The SMILES string of the molecule is COc1cc(N)ccc1C(=O)N1CCSC(C)(C)CC1. The Morgan fingerprint density at radius 3 is 2.85 bits per heavy atom. The Labute approximate surface area is 124 Å². The zero-order valence-corrected chi connectivity index (χ0v) is 13.1. The van der Waals surface area contributed by atoms with Crippen molar-refractivity contribution in [3.63, 3.8) is 0 Å². The molecule has 1 fully saturated rings. The van der Waals surface area contributed by atoms with E-state index in [0.29, 0.717) is 17.0 Å². The van der Waals surface area contributed by atoms with Gasteiger partial charge in [0, 0.05) is 35.3 Å². The number of nitrogen functional groups attached to an aromatic ring is 1. The molecule has 0 radical (unpaired) electrons. The van der Waals surface area contributed by atoms with E-state index in [4.69, 9.17) is 10.5 Å². The van der Waals surface area contributed by atoms with Crippen LogP contribution < -0.4 is 10.5 Å². The van der Waals surface area contributed by atoms with Crippen LogP contribution in [0.2, 0.25) is 0 Å². The minimum absolute atomic E-state index is 0.0279. The Kier molecular flexibility index (Phi) is 4.48. The average Bonchev–Trinajstić information content (AvgIpc) is 2.59. The summed E-state index contributed by atoms with van der Waals surface area (Å²) in [5.41, 5.74) is 6.93. The molecule has 0 saturated carbocycles. The summed E-state index contributed by atoms with van der Waals surface area (Å²) in [6.45, 7) is 6.03. The number of ether oxygens (including phenoxy) is 1. The van der Waals surface area contributed by atoms with Crippen LogP contribution in [-0.2, 0) is 0 Å². The quantitative estimate of drug-likeness (QED) is 0.852. The van der Waals surface area contributed by atoms with E-state index in [9.17, 15) is 4.79 Å². The second-order valence-electron chi connectivity index (χ2n) is 5.61. The first-order valence-corrected chi connectivity index (χ1v) is 7.78. The van der Waals surface area contributed by atoms with E-state index in [2.05, 4.69) is 13.8 Å². The molecule has 0 aliphatic carbocycles. The van der Waals surface area contributed by atoms with Gasteiger partial charge in [0.2, 0.25) is 0 Å². The lowest BCUT2D eigenvalue weighted by Gasteiger charge is -2.23. The van der Waals surface area contributed by atoms with Gasteiger partial charge in [0.15, 0.2) is 0 Å². The summed E-state index contributed by atoms with van der Waals surface area (Å²) >= 11 is 1.92. The number of hydrogen-bond donors (Lipinski definition) is 1. The molecule has 0 unspecified atom stereocenters. The molecule has 20 heavy (non-hydrogen) atoms. The number of amides is 1. The van der Waals surface area contributed by atoms with Gasteiger partial charge >= 0.3 is 0 Å². The average molecular weight is 294 g/mol. The van der Waals surface area contributed by atoms with E-state index in [-0.39, 0.29) is 10.7 Å². The molecule has 0 aromatic heterocycles. The van der Waals surface area contributed by atoms with Gasteiger partial charge in [0.1, 0.15) is 5.75 Å².